The highest BCUT2D eigenvalue weighted by atomic mass is 79.9. The van der Waals surface area contributed by atoms with Crippen LogP contribution in [0.5, 0.6) is 0 Å². The summed E-state index contributed by atoms with van der Waals surface area (Å²) in [7, 11) is 0. The molecule has 0 saturated heterocycles. The molecule has 1 unspecified atom stereocenters. The van der Waals surface area contributed by atoms with E-state index in [4.69, 9.17) is 0 Å². The summed E-state index contributed by atoms with van der Waals surface area (Å²) in [4.78, 5) is 1.39. The number of rotatable bonds is 6. The first-order valence-corrected chi connectivity index (χ1v) is 7.88. The van der Waals surface area contributed by atoms with Gasteiger partial charge in [0.15, 0.2) is 0 Å². The van der Waals surface area contributed by atoms with E-state index in [1.165, 1.54) is 16.9 Å². The molecule has 0 fully saturated rings. The minimum atomic E-state index is 0.528. The Morgan fingerprint density at radius 2 is 2.00 bits per heavy atom. The lowest BCUT2D eigenvalue weighted by molar-refractivity contribution is 0.584. The van der Waals surface area contributed by atoms with E-state index < -0.39 is 0 Å². The predicted octanol–water partition coefficient (Wildman–Crippen LogP) is 4.84. The molecule has 17 heavy (non-hydrogen) atoms. The molecule has 0 aliphatic rings. The summed E-state index contributed by atoms with van der Waals surface area (Å²) in [5, 5.41) is 4.15. The molecule has 0 radical (unpaired) electrons. The standard InChI is InChI=1S/C14H22BrNS/c1-5-11(4)17-14-8-13(15)7-6-12(14)9-16-10(2)3/h6-8,10-11,16H,5,9H2,1-4H3. The topological polar surface area (TPSA) is 12.0 Å². The molecule has 0 spiro atoms. The average molecular weight is 316 g/mol. The Morgan fingerprint density at radius 3 is 2.59 bits per heavy atom. The number of thioether (sulfide) groups is 1. The van der Waals surface area contributed by atoms with Crippen LogP contribution in [0.25, 0.3) is 0 Å². The van der Waals surface area contributed by atoms with Gasteiger partial charge in [-0.05, 0) is 24.1 Å². The van der Waals surface area contributed by atoms with E-state index in [1.54, 1.807) is 0 Å². The normalized spacial score (nSPS) is 13.1. The van der Waals surface area contributed by atoms with Crippen LogP contribution < -0.4 is 5.32 Å². The van der Waals surface area contributed by atoms with E-state index in [0.717, 1.165) is 11.0 Å². The maximum atomic E-state index is 3.55. The van der Waals surface area contributed by atoms with Gasteiger partial charge in [0.25, 0.3) is 0 Å². The maximum absolute atomic E-state index is 3.55. The molecule has 3 heteroatoms. The molecule has 0 saturated carbocycles. The number of hydrogen-bond acceptors (Lipinski definition) is 2. The third kappa shape index (κ3) is 5.45. The zero-order valence-electron chi connectivity index (χ0n) is 11.1. The van der Waals surface area contributed by atoms with Gasteiger partial charge in [0.2, 0.25) is 0 Å². The first kappa shape index (κ1) is 15.1. The van der Waals surface area contributed by atoms with E-state index >= 15 is 0 Å². The van der Waals surface area contributed by atoms with Crippen LogP contribution >= 0.6 is 27.7 Å². The highest BCUT2D eigenvalue weighted by molar-refractivity contribution is 9.10. The van der Waals surface area contributed by atoms with Crippen molar-refractivity contribution in [2.24, 2.45) is 0 Å². The van der Waals surface area contributed by atoms with E-state index in [-0.39, 0.29) is 0 Å². The van der Waals surface area contributed by atoms with Gasteiger partial charge < -0.3 is 5.32 Å². The van der Waals surface area contributed by atoms with Crippen molar-refractivity contribution in [2.75, 3.05) is 0 Å². The molecule has 0 amide bonds. The van der Waals surface area contributed by atoms with Crippen molar-refractivity contribution >= 4 is 27.7 Å². The zero-order chi connectivity index (χ0) is 12.8. The number of hydrogen-bond donors (Lipinski definition) is 1. The Bertz CT molecular complexity index is 352. The summed E-state index contributed by atoms with van der Waals surface area (Å²) in [5.74, 6) is 0. The molecular formula is C14H22BrNS. The van der Waals surface area contributed by atoms with E-state index in [2.05, 4.69) is 67.1 Å². The fourth-order valence-corrected chi connectivity index (χ4v) is 3.00. The Kier molecular flexibility index (Phi) is 6.60. The van der Waals surface area contributed by atoms with Crippen molar-refractivity contribution in [1.29, 1.82) is 0 Å². The molecular weight excluding hydrogens is 294 g/mol. The first-order chi connectivity index (χ1) is 8.02. The lowest BCUT2D eigenvalue weighted by Gasteiger charge is -2.15. The fourth-order valence-electron chi connectivity index (χ4n) is 1.40. The van der Waals surface area contributed by atoms with E-state index in [1.807, 2.05) is 11.8 Å². The third-order valence-electron chi connectivity index (χ3n) is 2.63. The smallest absolute Gasteiger partial charge is 0.0218 e. The lowest BCUT2D eigenvalue weighted by Crippen LogP contribution is -2.22. The highest BCUT2D eigenvalue weighted by Crippen LogP contribution is 2.30. The molecule has 0 heterocycles. The minimum Gasteiger partial charge on any atom is -0.310 e. The van der Waals surface area contributed by atoms with Crippen LogP contribution in [0.3, 0.4) is 0 Å². The monoisotopic (exact) mass is 315 g/mol. The second kappa shape index (κ2) is 7.45. The summed E-state index contributed by atoms with van der Waals surface area (Å²) < 4.78 is 1.16. The van der Waals surface area contributed by atoms with Gasteiger partial charge >= 0.3 is 0 Å². The van der Waals surface area contributed by atoms with Gasteiger partial charge in [-0.3, -0.25) is 0 Å². The number of nitrogens with one attached hydrogen (secondary N) is 1. The average Bonchev–Trinajstić information content (AvgIpc) is 2.27. The van der Waals surface area contributed by atoms with Crippen LogP contribution in [0.4, 0.5) is 0 Å². The second-order valence-electron chi connectivity index (χ2n) is 4.62. The van der Waals surface area contributed by atoms with Gasteiger partial charge in [-0.15, -0.1) is 11.8 Å². The van der Waals surface area contributed by atoms with E-state index in [9.17, 15) is 0 Å². The van der Waals surface area contributed by atoms with Crippen molar-refractivity contribution in [2.45, 2.75) is 56.8 Å². The highest BCUT2D eigenvalue weighted by Gasteiger charge is 2.08. The number of benzene rings is 1. The van der Waals surface area contributed by atoms with Crippen LogP contribution in [-0.2, 0) is 6.54 Å². The summed E-state index contributed by atoms with van der Waals surface area (Å²) in [6, 6.07) is 7.09. The largest absolute Gasteiger partial charge is 0.310 e. The zero-order valence-corrected chi connectivity index (χ0v) is 13.5. The molecule has 0 aromatic heterocycles. The Balaban J connectivity index is 2.79. The Morgan fingerprint density at radius 1 is 1.29 bits per heavy atom. The number of halogens is 1. The van der Waals surface area contributed by atoms with Gasteiger partial charge in [-0.2, -0.15) is 0 Å². The molecule has 0 aliphatic carbocycles. The van der Waals surface area contributed by atoms with Crippen molar-refractivity contribution < 1.29 is 0 Å². The molecule has 0 aliphatic heterocycles. The molecule has 1 atom stereocenters. The maximum Gasteiger partial charge on any atom is 0.0218 e. The second-order valence-corrected chi connectivity index (χ2v) is 7.02. The molecule has 0 bridgehead atoms. The molecule has 1 nitrogen and oxygen atoms in total. The summed E-state index contributed by atoms with van der Waals surface area (Å²) in [5.41, 5.74) is 1.40. The van der Waals surface area contributed by atoms with Crippen molar-refractivity contribution in [3.8, 4) is 0 Å². The predicted molar refractivity (Wildman–Crippen MR) is 81.7 cm³/mol. The summed E-state index contributed by atoms with van der Waals surface area (Å²) in [6.07, 6.45) is 1.20. The van der Waals surface area contributed by atoms with Crippen LogP contribution in [0.1, 0.15) is 39.7 Å². The molecule has 96 valence electrons. The third-order valence-corrected chi connectivity index (χ3v) is 4.50. The quantitative estimate of drug-likeness (QED) is 0.754. The van der Waals surface area contributed by atoms with Crippen LogP contribution in [0.15, 0.2) is 27.6 Å². The van der Waals surface area contributed by atoms with Gasteiger partial charge in [0.05, 0.1) is 0 Å². The molecule has 1 aromatic rings. The van der Waals surface area contributed by atoms with Gasteiger partial charge in [-0.25, -0.2) is 0 Å². The van der Waals surface area contributed by atoms with Crippen molar-refractivity contribution in [3.63, 3.8) is 0 Å². The Labute approximate surface area is 118 Å². The minimum absolute atomic E-state index is 0.528. The van der Waals surface area contributed by atoms with Crippen molar-refractivity contribution in [1.82, 2.24) is 5.32 Å². The summed E-state index contributed by atoms with van der Waals surface area (Å²) in [6.45, 7) is 9.83. The van der Waals surface area contributed by atoms with Crippen molar-refractivity contribution in [3.05, 3.63) is 28.2 Å². The summed E-state index contributed by atoms with van der Waals surface area (Å²) >= 11 is 5.52. The first-order valence-electron chi connectivity index (χ1n) is 6.21. The molecule has 1 aromatic carbocycles. The van der Waals surface area contributed by atoms with Crippen LogP contribution in [-0.4, -0.2) is 11.3 Å². The van der Waals surface area contributed by atoms with Crippen LogP contribution in [0, 0.1) is 0 Å². The molecule has 1 N–H and O–H groups in total. The van der Waals surface area contributed by atoms with Crippen LogP contribution in [0.2, 0.25) is 0 Å². The molecule has 1 rings (SSSR count). The Hall–Kier alpha value is 0.01000. The van der Waals surface area contributed by atoms with E-state index in [0.29, 0.717) is 11.3 Å². The lowest BCUT2D eigenvalue weighted by atomic mass is 10.2. The fraction of sp³-hybridized carbons (Fsp3) is 0.571. The SMILES string of the molecule is CCC(C)Sc1cc(Br)ccc1CNC(C)C. The van der Waals surface area contributed by atoms with Gasteiger partial charge in [0, 0.05) is 27.2 Å². The van der Waals surface area contributed by atoms with Gasteiger partial charge in [-0.1, -0.05) is 49.7 Å². The van der Waals surface area contributed by atoms with Gasteiger partial charge in [0.1, 0.15) is 0 Å².